The first-order valence-electron chi connectivity index (χ1n) is 6.46. The van der Waals surface area contributed by atoms with Crippen LogP contribution in [0.25, 0.3) is 11.1 Å². The number of aromatic amines is 1. The average molecular weight is 388 g/mol. The number of nitrogens with one attached hydrogen (secondary N) is 1. The highest BCUT2D eigenvalue weighted by Gasteiger charge is 2.24. The molecule has 0 aliphatic carbocycles. The van der Waals surface area contributed by atoms with E-state index in [-0.39, 0.29) is 16.8 Å². The molecule has 0 radical (unpaired) electrons. The number of aromatic nitrogens is 2. The lowest BCUT2D eigenvalue weighted by Gasteiger charge is -2.14. The molecule has 2 heterocycles. The number of benzene rings is 1. The summed E-state index contributed by atoms with van der Waals surface area (Å²) < 4.78 is 2.07. The van der Waals surface area contributed by atoms with Gasteiger partial charge < -0.3 is 0 Å². The summed E-state index contributed by atoms with van der Waals surface area (Å²) in [4.78, 5) is 27.5. The molecule has 1 fully saturated rings. The lowest BCUT2D eigenvalue weighted by molar-refractivity contribution is 0.515. The van der Waals surface area contributed by atoms with E-state index in [1.807, 2.05) is 18.2 Å². The van der Waals surface area contributed by atoms with Gasteiger partial charge in [-0.25, -0.2) is 4.79 Å². The minimum Gasteiger partial charge on any atom is -0.297 e. The van der Waals surface area contributed by atoms with Crippen molar-refractivity contribution in [3.63, 3.8) is 0 Å². The molecule has 0 saturated carbocycles. The summed E-state index contributed by atoms with van der Waals surface area (Å²) in [6.07, 6.45) is 0.824. The molecule has 1 aliphatic rings. The maximum absolute atomic E-state index is 12.8. The zero-order chi connectivity index (χ0) is 15.0. The van der Waals surface area contributed by atoms with E-state index < -0.39 is 5.69 Å². The van der Waals surface area contributed by atoms with Gasteiger partial charge in [0.15, 0.2) is 0 Å². The van der Waals surface area contributed by atoms with Crippen LogP contribution in [-0.2, 0) is 0 Å². The molecule has 1 N–H and O–H groups in total. The van der Waals surface area contributed by atoms with Gasteiger partial charge in [-0.15, -0.1) is 0 Å². The van der Waals surface area contributed by atoms with E-state index in [1.54, 1.807) is 17.8 Å². The fourth-order valence-electron chi connectivity index (χ4n) is 2.48. The number of nitrogens with zero attached hydrogens (tertiary/aromatic N) is 1. The molecule has 1 atom stereocenters. The summed E-state index contributed by atoms with van der Waals surface area (Å²) in [7, 11) is 0. The lowest BCUT2D eigenvalue weighted by atomic mass is 10.1. The van der Waals surface area contributed by atoms with Crippen molar-refractivity contribution in [1.82, 2.24) is 9.55 Å². The van der Waals surface area contributed by atoms with E-state index in [0.717, 1.165) is 22.4 Å². The van der Waals surface area contributed by atoms with E-state index in [9.17, 15) is 9.59 Å². The predicted octanol–water partition coefficient (Wildman–Crippen LogP) is 3.30. The Hall–Kier alpha value is -0.980. The second-order valence-corrected chi connectivity index (χ2v) is 7.17. The van der Waals surface area contributed by atoms with Crippen LogP contribution in [0.5, 0.6) is 0 Å². The molecule has 3 rings (SSSR count). The summed E-state index contributed by atoms with van der Waals surface area (Å²) in [5, 5.41) is 0.0822. The van der Waals surface area contributed by atoms with Crippen LogP contribution < -0.4 is 11.2 Å². The predicted molar refractivity (Wildman–Crippen MR) is 90.4 cm³/mol. The quantitative estimate of drug-likeness (QED) is 0.805. The van der Waals surface area contributed by atoms with E-state index in [0.29, 0.717) is 11.1 Å². The molecule has 1 unspecified atom stereocenters. The van der Waals surface area contributed by atoms with E-state index >= 15 is 0 Å². The molecule has 1 saturated heterocycles. The second kappa shape index (κ2) is 6.02. The average Bonchev–Trinajstić information content (AvgIpc) is 2.94. The first-order valence-corrected chi connectivity index (χ1v) is 8.79. The van der Waals surface area contributed by atoms with E-state index in [4.69, 9.17) is 11.6 Å². The third-order valence-corrected chi connectivity index (χ3v) is 5.62. The largest absolute Gasteiger partial charge is 0.329 e. The maximum atomic E-state index is 12.8. The van der Waals surface area contributed by atoms with Crippen molar-refractivity contribution >= 4 is 39.3 Å². The molecule has 110 valence electrons. The van der Waals surface area contributed by atoms with Crippen molar-refractivity contribution < 1.29 is 0 Å². The zero-order valence-electron chi connectivity index (χ0n) is 10.9. The molecule has 1 aromatic heterocycles. The van der Waals surface area contributed by atoms with Crippen LogP contribution in [0.15, 0.2) is 38.3 Å². The lowest BCUT2D eigenvalue weighted by Crippen LogP contribution is -2.39. The van der Waals surface area contributed by atoms with Crippen molar-refractivity contribution in [3.05, 3.63) is 54.7 Å². The Morgan fingerprint density at radius 3 is 2.76 bits per heavy atom. The number of halogens is 2. The minimum absolute atomic E-state index is 0.0650. The molecule has 0 spiro atoms. The van der Waals surface area contributed by atoms with Crippen LogP contribution in [0.4, 0.5) is 0 Å². The number of hydrogen-bond acceptors (Lipinski definition) is 3. The van der Waals surface area contributed by atoms with Crippen molar-refractivity contribution in [2.45, 2.75) is 12.5 Å². The van der Waals surface area contributed by atoms with Gasteiger partial charge in [0.2, 0.25) is 0 Å². The smallest absolute Gasteiger partial charge is 0.297 e. The Labute approximate surface area is 138 Å². The first kappa shape index (κ1) is 14.9. The SMILES string of the molecule is O=c1[nH]c(Cl)c(-c2ccccc2Br)c(=O)n1C1CCSC1. The highest BCUT2D eigenvalue weighted by Crippen LogP contribution is 2.30. The molecular weight excluding hydrogens is 376 g/mol. The van der Waals surface area contributed by atoms with Crippen molar-refractivity contribution in [2.75, 3.05) is 11.5 Å². The molecule has 1 aromatic carbocycles. The zero-order valence-corrected chi connectivity index (χ0v) is 14.1. The normalized spacial score (nSPS) is 18.1. The van der Waals surface area contributed by atoms with Gasteiger partial charge in [-0.1, -0.05) is 45.7 Å². The molecule has 0 bridgehead atoms. The third-order valence-electron chi connectivity index (χ3n) is 3.50. The van der Waals surface area contributed by atoms with Crippen molar-refractivity contribution in [3.8, 4) is 11.1 Å². The van der Waals surface area contributed by atoms with Gasteiger partial charge in [0, 0.05) is 15.8 Å². The van der Waals surface area contributed by atoms with Gasteiger partial charge in [0.25, 0.3) is 5.56 Å². The maximum Gasteiger partial charge on any atom is 0.329 e. The van der Waals surface area contributed by atoms with Crippen LogP contribution in [0.1, 0.15) is 12.5 Å². The van der Waals surface area contributed by atoms with Gasteiger partial charge >= 0.3 is 5.69 Å². The Bertz CT molecular complexity index is 796. The molecule has 7 heteroatoms. The second-order valence-electron chi connectivity index (χ2n) is 4.79. The molecular formula is C14H12BrClN2O2S. The first-order chi connectivity index (χ1) is 10.1. The molecule has 0 amide bonds. The molecule has 2 aromatic rings. The monoisotopic (exact) mass is 386 g/mol. The number of hydrogen-bond donors (Lipinski definition) is 1. The Morgan fingerprint density at radius 2 is 2.10 bits per heavy atom. The van der Waals surface area contributed by atoms with Gasteiger partial charge in [-0.2, -0.15) is 11.8 Å². The standard InChI is InChI=1S/C14H12BrClN2O2S/c15-10-4-2-1-3-9(10)11-12(16)17-14(20)18(13(11)19)8-5-6-21-7-8/h1-4,8H,5-7H2,(H,17,20). The van der Waals surface area contributed by atoms with Gasteiger partial charge in [-0.05, 0) is 18.2 Å². The Morgan fingerprint density at radius 1 is 1.33 bits per heavy atom. The van der Waals surface area contributed by atoms with Crippen molar-refractivity contribution in [2.24, 2.45) is 0 Å². The van der Waals surface area contributed by atoms with Gasteiger partial charge in [0.1, 0.15) is 5.15 Å². The van der Waals surface area contributed by atoms with Crippen LogP contribution in [-0.4, -0.2) is 21.1 Å². The molecule has 1 aliphatic heterocycles. The van der Waals surface area contributed by atoms with Crippen LogP contribution in [0, 0.1) is 0 Å². The van der Waals surface area contributed by atoms with Crippen molar-refractivity contribution in [1.29, 1.82) is 0 Å². The topological polar surface area (TPSA) is 54.9 Å². The molecule has 4 nitrogen and oxygen atoms in total. The summed E-state index contributed by atoms with van der Waals surface area (Å²) in [6, 6.07) is 7.27. The summed E-state index contributed by atoms with van der Waals surface area (Å²) in [6.45, 7) is 0. The van der Waals surface area contributed by atoms with E-state index in [2.05, 4.69) is 20.9 Å². The van der Waals surface area contributed by atoms with E-state index in [1.165, 1.54) is 4.57 Å². The Balaban J connectivity index is 2.27. The third kappa shape index (κ3) is 2.72. The van der Waals surface area contributed by atoms with Gasteiger partial charge in [0.05, 0.1) is 11.6 Å². The number of H-pyrrole nitrogens is 1. The van der Waals surface area contributed by atoms with Crippen LogP contribution in [0.2, 0.25) is 5.15 Å². The Kier molecular flexibility index (Phi) is 4.28. The fourth-order valence-corrected chi connectivity index (χ4v) is 4.42. The van der Waals surface area contributed by atoms with Crippen LogP contribution in [0.3, 0.4) is 0 Å². The summed E-state index contributed by atoms with van der Waals surface area (Å²) >= 11 is 11.3. The fraction of sp³-hybridized carbons (Fsp3) is 0.286. The highest BCUT2D eigenvalue weighted by molar-refractivity contribution is 9.10. The number of rotatable bonds is 2. The van der Waals surface area contributed by atoms with Crippen LogP contribution >= 0.6 is 39.3 Å². The van der Waals surface area contributed by atoms with Gasteiger partial charge in [-0.3, -0.25) is 14.3 Å². The minimum atomic E-state index is -0.437. The summed E-state index contributed by atoms with van der Waals surface area (Å²) in [5.74, 6) is 1.74. The highest BCUT2D eigenvalue weighted by atomic mass is 79.9. The summed E-state index contributed by atoms with van der Waals surface area (Å²) in [5.41, 5.74) is 0.250. The number of thioether (sulfide) groups is 1. The molecule has 21 heavy (non-hydrogen) atoms.